The maximum absolute atomic E-state index is 12.4. The highest BCUT2D eigenvalue weighted by Crippen LogP contribution is 2.40. The molecule has 4 nitrogen and oxygen atoms in total. The van der Waals surface area contributed by atoms with Crippen molar-refractivity contribution < 1.29 is 23.1 Å². The summed E-state index contributed by atoms with van der Waals surface area (Å²) in [6.07, 6.45) is 3.27. The van der Waals surface area contributed by atoms with Crippen LogP contribution in [0.4, 0.5) is 13.2 Å². The van der Waals surface area contributed by atoms with Crippen molar-refractivity contribution in [2.75, 3.05) is 0 Å². The minimum atomic E-state index is -4.45. The summed E-state index contributed by atoms with van der Waals surface area (Å²) in [5, 5.41) is 8.54. The molecule has 0 saturated heterocycles. The third-order valence-corrected chi connectivity index (χ3v) is 2.99. The Morgan fingerprint density at radius 2 is 2.16 bits per heavy atom. The van der Waals surface area contributed by atoms with Gasteiger partial charge >= 0.3 is 11.5 Å². The maximum Gasteiger partial charge on any atom is 0.446 e. The van der Waals surface area contributed by atoms with Crippen LogP contribution in [-0.2, 0) is 4.79 Å². The standard InChI is InChI=1S/C11H7F3N2O2S/c12-11(13,14)19-9-4-8-7(15-5-16-8)3-6(9)1-2-10(17)18/h1-5H,(H,15,16)(H,17,18). The number of carboxylic acids is 1. The van der Waals surface area contributed by atoms with Gasteiger partial charge in [0.15, 0.2) is 0 Å². The molecule has 2 rings (SSSR count). The van der Waals surface area contributed by atoms with Gasteiger partial charge in [-0.2, -0.15) is 13.2 Å². The Balaban J connectivity index is 2.50. The summed E-state index contributed by atoms with van der Waals surface area (Å²) in [7, 11) is 0. The van der Waals surface area contributed by atoms with Gasteiger partial charge in [0.05, 0.1) is 17.4 Å². The fourth-order valence-corrected chi connectivity index (χ4v) is 2.15. The monoisotopic (exact) mass is 288 g/mol. The van der Waals surface area contributed by atoms with Gasteiger partial charge in [0.1, 0.15) is 0 Å². The zero-order valence-corrected chi connectivity index (χ0v) is 10.0. The quantitative estimate of drug-likeness (QED) is 0.672. The lowest BCUT2D eigenvalue weighted by Crippen LogP contribution is -2.00. The van der Waals surface area contributed by atoms with Gasteiger partial charge in [-0.1, -0.05) is 0 Å². The van der Waals surface area contributed by atoms with Crippen LogP contribution < -0.4 is 0 Å². The molecule has 0 aliphatic carbocycles. The first-order valence-electron chi connectivity index (χ1n) is 4.99. The van der Waals surface area contributed by atoms with Gasteiger partial charge in [-0.15, -0.1) is 0 Å². The molecule has 0 bridgehead atoms. The summed E-state index contributed by atoms with van der Waals surface area (Å²) in [4.78, 5) is 17.0. The number of benzene rings is 1. The van der Waals surface area contributed by atoms with E-state index in [1.54, 1.807) is 0 Å². The van der Waals surface area contributed by atoms with Crippen LogP contribution in [-0.4, -0.2) is 26.6 Å². The Morgan fingerprint density at radius 3 is 2.79 bits per heavy atom. The molecule has 0 amide bonds. The third kappa shape index (κ3) is 3.50. The number of H-pyrrole nitrogens is 1. The first-order chi connectivity index (χ1) is 8.85. The van der Waals surface area contributed by atoms with Gasteiger partial charge < -0.3 is 10.1 Å². The van der Waals surface area contributed by atoms with Crippen molar-refractivity contribution in [2.45, 2.75) is 10.4 Å². The Morgan fingerprint density at radius 1 is 1.42 bits per heavy atom. The first kappa shape index (κ1) is 13.5. The molecule has 100 valence electrons. The second-order valence-corrected chi connectivity index (χ2v) is 4.64. The van der Waals surface area contributed by atoms with E-state index in [4.69, 9.17) is 5.11 Å². The van der Waals surface area contributed by atoms with Crippen LogP contribution in [0.25, 0.3) is 17.1 Å². The molecule has 0 radical (unpaired) electrons. The number of nitrogens with one attached hydrogen (secondary N) is 1. The number of hydrogen-bond acceptors (Lipinski definition) is 3. The summed E-state index contributed by atoms with van der Waals surface area (Å²) < 4.78 is 37.3. The van der Waals surface area contributed by atoms with Crippen molar-refractivity contribution >= 4 is 34.8 Å². The summed E-state index contributed by atoms with van der Waals surface area (Å²) in [6.45, 7) is 0. The number of carboxylic acid groups (broad SMARTS) is 1. The number of hydrogen-bond donors (Lipinski definition) is 2. The van der Waals surface area contributed by atoms with E-state index in [9.17, 15) is 18.0 Å². The maximum atomic E-state index is 12.4. The van der Waals surface area contributed by atoms with Gasteiger partial charge in [-0.25, -0.2) is 9.78 Å². The predicted molar refractivity (Wildman–Crippen MR) is 64.7 cm³/mol. The average molecular weight is 288 g/mol. The average Bonchev–Trinajstić information content (AvgIpc) is 2.70. The number of imidazole rings is 1. The van der Waals surface area contributed by atoms with E-state index in [2.05, 4.69) is 9.97 Å². The minimum Gasteiger partial charge on any atom is -0.478 e. The molecular formula is C11H7F3N2O2S. The number of fused-ring (bicyclic) bond motifs is 1. The molecule has 0 unspecified atom stereocenters. The molecule has 1 aromatic heterocycles. The lowest BCUT2D eigenvalue weighted by Gasteiger charge is -2.08. The van der Waals surface area contributed by atoms with E-state index in [0.29, 0.717) is 11.0 Å². The minimum absolute atomic E-state index is 0.0930. The van der Waals surface area contributed by atoms with Crippen LogP contribution in [0.2, 0.25) is 0 Å². The number of nitrogens with zero attached hydrogens (tertiary/aromatic N) is 1. The van der Waals surface area contributed by atoms with Crippen molar-refractivity contribution in [1.29, 1.82) is 0 Å². The largest absolute Gasteiger partial charge is 0.478 e. The van der Waals surface area contributed by atoms with E-state index in [1.807, 2.05) is 0 Å². The Hall–Kier alpha value is -1.96. The molecular weight excluding hydrogens is 281 g/mol. The van der Waals surface area contributed by atoms with E-state index >= 15 is 0 Å². The predicted octanol–water partition coefficient (Wildman–Crippen LogP) is 3.27. The molecule has 0 saturated carbocycles. The number of carbonyl (C=O) groups is 1. The van der Waals surface area contributed by atoms with Crippen molar-refractivity contribution in [1.82, 2.24) is 9.97 Å². The van der Waals surface area contributed by atoms with Crippen LogP contribution >= 0.6 is 11.8 Å². The van der Waals surface area contributed by atoms with Crippen molar-refractivity contribution in [3.05, 3.63) is 30.1 Å². The molecule has 1 heterocycles. The second-order valence-electron chi connectivity index (χ2n) is 3.53. The fourth-order valence-electron chi connectivity index (χ4n) is 1.48. The topological polar surface area (TPSA) is 66.0 Å². The van der Waals surface area contributed by atoms with Crippen LogP contribution in [0.1, 0.15) is 5.56 Å². The van der Waals surface area contributed by atoms with E-state index in [0.717, 1.165) is 12.2 Å². The van der Waals surface area contributed by atoms with E-state index in [-0.39, 0.29) is 22.2 Å². The van der Waals surface area contributed by atoms with Crippen molar-refractivity contribution in [2.24, 2.45) is 0 Å². The molecule has 19 heavy (non-hydrogen) atoms. The van der Waals surface area contributed by atoms with Gasteiger partial charge in [0.2, 0.25) is 0 Å². The van der Waals surface area contributed by atoms with Crippen LogP contribution in [0.15, 0.2) is 29.4 Å². The third-order valence-electron chi connectivity index (χ3n) is 2.18. The number of aliphatic carboxylic acids is 1. The smallest absolute Gasteiger partial charge is 0.446 e. The molecule has 2 N–H and O–H groups in total. The second kappa shape index (κ2) is 4.96. The molecule has 8 heteroatoms. The van der Waals surface area contributed by atoms with Gasteiger partial charge in [-0.05, 0) is 35.5 Å². The summed E-state index contributed by atoms with van der Waals surface area (Å²) in [5.74, 6) is -1.23. The lowest BCUT2D eigenvalue weighted by atomic mass is 10.2. The Labute approximate surface area is 109 Å². The zero-order chi connectivity index (χ0) is 14.0. The molecule has 0 fully saturated rings. The number of aromatic amines is 1. The Kier molecular flexibility index (Phi) is 3.52. The summed E-state index contributed by atoms with van der Waals surface area (Å²) in [6, 6.07) is 2.70. The van der Waals surface area contributed by atoms with Crippen molar-refractivity contribution in [3.8, 4) is 0 Å². The fraction of sp³-hybridized carbons (Fsp3) is 0.0909. The first-order valence-corrected chi connectivity index (χ1v) is 5.81. The van der Waals surface area contributed by atoms with Gasteiger partial charge in [0, 0.05) is 11.0 Å². The number of alkyl halides is 3. The van der Waals surface area contributed by atoms with Crippen LogP contribution in [0.3, 0.4) is 0 Å². The van der Waals surface area contributed by atoms with Crippen LogP contribution in [0, 0.1) is 0 Å². The lowest BCUT2D eigenvalue weighted by molar-refractivity contribution is -0.131. The number of thioether (sulfide) groups is 1. The zero-order valence-electron chi connectivity index (χ0n) is 9.23. The highest BCUT2D eigenvalue weighted by Gasteiger charge is 2.30. The molecule has 2 aromatic rings. The van der Waals surface area contributed by atoms with Crippen LogP contribution in [0.5, 0.6) is 0 Å². The highest BCUT2D eigenvalue weighted by molar-refractivity contribution is 8.00. The van der Waals surface area contributed by atoms with E-state index < -0.39 is 11.5 Å². The molecule has 1 aromatic carbocycles. The SMILES string of the molecule is O=C(O)C=Cc1cc2[nH]cnc2cc1SC(F)(F)F. The normalized spacial score (nSPS) is 12.4. The van der Waals surface area contributed by atoms with Gasteiger partial charge in [-0.3, -0.25) is 0 Å². The molecule has 0 aliphatic rings. The highest BCUT2D eigenvalue weighted by atomic mass is 32.2. The van der Waals surface area contributed by atoms with E-state index in [1.165, 1.54) is 18.5 Å². The summed E-state index contributed by atoms with van der Waals surface area (Å²) >= 11 is -0.301. The Bertz CT molecular complexity index is 649. The summed E-state index contributed by atoms with van der Waals surface area (Å²) in [5.41, 5.74) is -3.35. The van der Waals surface area contributed by atoms with Crippen molar-refractivity contribution in [3.63, 3.8) is 0 Å². The molecule has 0 atom stereocenters. The number of aromatic nitrogens is 2. The molecule has 0 aliphatic heterocycles. The molecule has 0 spiro atoms. The number of halogens is 3. The van der Waals surface area contributed by atoms with Gasteiger partial charge in [0.25, 0.3) is 0 Å². The number of rotatable bonds is 3.